The van der Waals surface area contributed by atoms with E-state index in [4.69, 9.17) is 4.99 Å². The lowest BCUT2D eigenvalue weighted by atomic mass is 9.84. The minimum Gasteiger partial charge on any atom is -0.364 e. The Balaban J connectivity index is 1.70. The highest BCUT2D eigenvalue weighted by Gasteiger charge is 2.30. The summed E-state index contributed by atoms with van der Waals surface area (Å²) in [5.41, 5.74) is 0.458. The van der Waals surface area contributed by atoms with Crippen LogP contribution >= 0.6 is 11.8 Å². The molecule has 3 nitrogen and oxygen atoms in total. The van der Waals surface area contributed by atoms with E-state index >= 15 is 0 Å². The van der Waals surface area contributed by atoms with Crippen LogP contribution in [0.25, 0.3) is 0 Å². The minimum absolute atomic E-state index is 0.458. The Morgan fingerprint density at radius 3 is 2.53 bits per heavy atom. The summed E-state index contributed by atoms with van der Waals surface area (Å²) in [5.74, 6) is 1.23. The van der Waals surface area contributed by atoms with Gasteiger partial charge >= 0.3 is 0 Å². The molecule has 0 aromatic heterocycles. The Bertz CT molecular complexity index is 309. The molecule has 110 valence electrons. The van der Waals surface area contributed by atoms with Gasteiger partial charge in [0.05, 0.1) is 0 Å². The summed E-state index contributed by atoms with van der Waals surface area (Å²) in [6.45, 7) is 11.3. The lowest BCUT2D eigenvalue weighted by Crippen LogP contribution is -2.38. The van der Waals surface area contributed by atoms with E-state index in [1.54, 1.807) is 0 Å². The average Bonchev–Trinajstić information content (AvgIpc) is 3.29. The molecule has 1 saturated carbocycles. The van der Waals surface area contributed by atoms with Crippen molar-refractivity contribution < 1.29 is 0 Å². The van der Waals surface area contributed by atoms with Crippen LogP contribution in [0, 0.1) is 5.41 Å². The van der Waals surface area contributed by atoms with Crippen LogP contribution in [-0.4, -0.2) is 48.0 Å². The van der Waals surface area contributed by atoms with Crippen LogP contribution in [0.4, 0.5) is 0 Å². The van der Waals surface area contributed by atoms with E-state index in [0.29, 0.717) is 5.41 Å². The first kappa shape index (κ1) is 15.2. The summed E-state index contributed by atoms with van der Waals surface area (Å²) in [6, 6.07) is 0.876. The number of aliphatic imine (C=N–C) groups is 1. The molecular weight excluding hydrogens is 254 g/mol. The molecule has 0 spiro atoms. The SMILES string of the molecule is CCN(CCNC1=NCC(CC)(CC)CS1)C1CC1. The van der Waals surface area contributed by atoms with Crippen LogP contribution in [-0.2, 0) is 0 Å². The molecule has 1 N–H and O–H groups in total. The van der Waals surface area contributed by atoms with E-state index in [1.165, 1.54) is 43.1 Å². The number of hydrogen-bond acceptors (Lipinski definition) is 4. The van der Waals surface area contributed by atoms with Gasteiger partial charge in [-0.05, 0) is 37.6 Å². The highest BCUT2D eigenvalue weighted by Crippen LogP contribution is 2.34. The van der Waals surface area contributed by atoms with Gasteiger partial charge in [0.1, 0.15) is 0 Å². The van der Waals surface area contributed by atoms with Crippen LogP contribution in [0.3, 0.4) is 0 Å². The van der Waals surface area contributed by atoms with Crippen LogP contribution in [0.1, 0.15) is 46.5 Å². The lowest BCUT2D eigenvalue weighted by molar-refractivity contribution is 0.282. The van der Waals surface area contributed by atoms with Crippen molar-refractivity contribution in [3.05, 3.63) is 0 Å². The molecule has 19 heavy (non-hydrogen) atoms. The fraction of sp³-hybridized carbons (Fsp3) is 0.933. The van der Waals surface area contributed by atoms with Gasteiger partial charge in [0.25, 0.3) is 0 Å². The Morgan fingerprint density at radius 2 is 2.05 bits per heavy atom. The van der Waals surface area contributed by atoms with Crippen LogP contribution in [0.2, 0.25) is 0 Å². The maximum atomic E-state index is 4.76. The molecule has 1 fully saturated rings. The van der Waals surface area contributed by atoms with Gasteiger partial charge in [-0.1, -0.05) is 32.5 Å². The second kappa shape index (κ2) is 6.98. The molecule has 0 saturated heterocycles. The zero-order valence-electron chi connectivity index (χ0n) is 12.7. The summed E-state index contributed by atoms with van der Waals surface area (Å²) in [4.78, 5) is 7.34. The van der Waals surface area contributed by atoms with E-state index < -0.39 is 0 Å². The average molecular weight is 283 g/mol. The van der Waals surface area contributed by atoms with E-state index in [0.717, 1.165) is 25.7 Å². The van der Waals surface area contributed by atoms with Gasteiger partial charge in [-0.2, -0.15) is 0 Å². The molecule has 2 aliphatic rings. The fourth-order valence-electron chi connectivity index (χ4n) is 2.68. The summed E-state index contributed by atoms with van der Waals surface area (Å²) >= 11 is 1.92. The normalized spacial score (nSPS) is 22.4. The Kier molecular flexibility index (Phi) is 5.58. The zero-order chi connectivity index (χ0) is 13.7. The third-order valence-electron chi connectivity index (χ3n) is 4.72. The number of nitrogens with zero attached hydrogens (tertiary/aromatic N) is 2. The van der Waals surface area contributed by atoms with E-state index in [9.17, 15) is 0 Å². The highest BCUT2D eigenvalue weighted by atomic mass is 32.2. The van der Waals surface area contributed by atoms with Crippen LogP contribution < -0.4 is 5.32 Å². The first-order chi connectivity index (χ1) is 9.23. The summed E-state index contributed by atoms with van der Waals surface area (Å²) in [7, 11) is 0. The maximum absolute atomic E-state index is 4.76. The second-order valence-electron chi connectivity index (χ2n) is 5.90. The number of nitrogens with one attached hydrogen (secondary N) is 1. The number of thioether (sulfide) groups is 1. The molecule has 0 aromatic carbocycles. The molecule has 1 aliphatic carbocycles. The number of hydrogen-bond donors (Lipinski definition) is 1. The number of rotatable bonds is 7. The Hall–Kier alpha value is -0.220. The molecule has 2 rings (SSSR count). The van der Waals surface area contributed by atoms with Crippen molar-refractivity contribution in [1.29, 1.82) is 0 Å². The lowest BCUT2D eigenvalue weighted by Gasteiger charge is -2.33. The van der Waals surface area contributed by atoms with Crippen molar-refractivity contribution >= 4 is 16.9 Å². The predicted octanol–water partition coefficient (Wildman–Crippen LogP) is 2.97. The molecule has 1 aliphatic heterocycles. The molecule has 1 heterocycles. The van der Waals surface area contributed by atoms with Crippen molar-refractivity contribution in [2.45, 2.75) is 52.5 Å². The van der Waals surface area contributed by atoms with Gasteiger partial charge < -0.3 is 5.32 Å². The van der Waals surface area contributed by atoms with Crippen LogP contribution in [0.15, 0.2) is 4.99 Å². The minimum atomic E-state index is 0.458. The summed E-state index contributed by atoms with van der Waals surface area (Å²) in [6.07, 6.45) is 5.30. The van der Waals surface area contributed by atoms with Gasteiger partial charge in [-0.3, -0.25) is 9.89 Å². The van der Waals surface area contributed by atoms with Gasteiger partial charge in [-0.15, -0.1) is 0 Å². The fourth-order valence-corrected chi connectivity index (χ4v) is 3.98. The summed E-state index contributed by atoms with van der Waals surface area (Å²) in [5, 5.41) is 4.70. The maximum Gasteiger partial charge on any atom is 0.156 e. The van der Waals surface area contributed by atoms with E-state index in [-0.39, 0.29) is 0 Å². The Labute approximate surface area is 122 Å². The standard InChI is InChI=1S/C15H29N3S/c1-4-15(5-2)11-17-14(19-12-15)16-9-10-18(6-3)13-7-8-13/h13H,4-12H2,1-3H3,(H,16,17). The molecule has 0 aromatic rings. The Morgan fingerprint density at radius 1 is 1.32 bits per heavy atom. The first-order valence-electron chi connectivity index (χ1n) is 7.88. The third-order valence-corrected chi connectivity index (χ3v) is 6.02. The predicted molar refractivity (Wildman–Crippen MR) is 86.0 cm³/mol. The smallest absolute Gasteiger partial charge is 0.156 e. The summed E-state index contributed by atoms with van der Waals surface area (Å²) < 4.78 is 0. The van der Waals surface area contributed by atoms with Crippen molar-refractivity contribution in [1.82, 2.24) is 10.2 Å². The molecule has 4 heteroatoms. The zero-order valence-corrected chi connectivity index (χ0v) is 13.6. The molecule has 0 radical (unpaired) electrons. The molecule has 0 amide bonds. The van der Waals surface area contributed by atoms with Crippen molar-refractivity contribution in [3.63, 3.8) is 0 Å². The molecule has 0 unspecified atom stereocenters. The topological polar surface area (TPSA) is 27.6 Å². The first-order valence-corrected chi connectivity index (χ1v) is 8.86. The molecule has 0 bridgehead atoms. The van der Waals surface area contributed by atoms with Crippen LogP contribution in [0.5, 0.6) is 0 Å². The third kappa shape index (κ3) is 4.12. The van der Waals surface area contributed by atoms with Crippen molar-refractivity contribution in [2.75, 3.05) is 31.9 Å². The molecule has 0 atom stereocenters. The molecular formula is C15H29N3S. The number of amidine groups is 1. The van der Waals surface area contributed by atoms with E-state index in [1.807, 2.05) is 11.8 Å². The quantitative estimate of drug-likeness (QED) is 0.778. The van der Waals surface area contributed by atoms with Gasteiger partial charge in [-0.25, -0.2) is 0 Å². The second-order valence-corrected chi connectivity index (χ2v) is 6.87. The highest BCUT2D eigenvalue weighted by molar-refractivity contribution is 8.13. The van der Waals surface area contributed by atoms with Gasteiger partial charge in [0.15, 0.2) is 5.17 Å². The van der Waals surface area contributed by atoms with E-state index in [2.05, 4.69) is 31.0 Å². The van der Waals surface area contributed by atoms with Crippen molar-refractivity contribution in [3.8, 4) is 0 Å². The van der Waals surface area contributed by atoms with Gasteiger partial charge in [0.2, 0.25) is 0 Å². The number of likely N-dealkylation sites (N-methyl/N-ethyl adjacent to an activating group) is 1. The largest absolute Gasteiger partial charge is 0.364 e. The monoisotopic (exact) mass is 283 g/mol. The van der Waals surface area contributed by atoms with Gasteiger partial charge in [0, 0.05) is 31.4 Å². The van der Waals surface area contributed by atoms with Crippen molar-refractivity contribution in [2.24, 2.45) is 10.4 Å².